The Hall–Kier alpha value is -1.94. The molecule has 0 aliphatic heterocycles. The number of rotatable bonds is 5. The van der Waals surface area contributed by atoms with Crippen LogP contribution in [0.3, 0.4) is 0 Å². The summed E-state index contributed by atoms with van der Waals surface area (Å²) in [5, 5.41) is 9.67. The molecule has 0 bridgehead atoms. The van der Waals surface area contributed by atoms with E-state index in [0.717, 1.165) is 5.56 Å². The van der Waals surface area contributed by atoms with Gasteiger partial charge in [0.15, 0.2) is 6.61 Å². The fraction of sp³-hybridized carbons (Fsp3) is 0.294. The summed E-state index contributed by atoms with van der Waals surface area (Å²) in [4.78, 5) is 0. The van der Waals surface area contributed by atoms with Gasteiger partial charge >= 0.3 is 5.92 Å². The number of aryl methyl sites for hydroxylation is 1. The first kappa shape index (κ1) is 15.4. The van der Waals surface area contributed by atoms with Gasteiger partial charge in [0.1, 0.15) is 5.75 Å². The first-order chi connectivity index (χ1) is 9.90. The Labute approximate surface area is 123 Å². The summed E-state index contributed by atoms with van der Waals surface area (Å²) in [6, 6.07) is 12.7. The normalized spacial score (nSPS) is 13.0. The van der Waals surface area contributed by atoms with E-state index in [4.69, 9.17) is 4.74 Å². The molecule has 112 valence electrons. The third-order valence-corrected chi connectivity index (χ3v) is 3.22. The summed E-state index contributed by atoms with van der Waals surface area (Å²) < 4.78 is 33.5. The molecule has 0 saturated heterocycles. The molecule has 4 heteroatoms. The van der Waals surface area contributed by atoms with Crippen LogP contribution in [-0.4, -0.2) is 11.7 Å². The van der Waals surface area contributed by atoms with Crippen molar-refractivity contribution in [2.75, 3.05) is 6.61 Å². The summed E-state index contributed by atoms with van der Waals surface area (Å²) in [6.45, 7) is 2.65. The first-order valence-corrected chi connectivity index (χ1v) is 6.75. The number of hydrogen-bond acceptors (Lipinski definition) is 2. The minimum absolute atomic E-state index is 0.0868. The Kier molecular flexibility index (Phi) is 4.58. The maximum absolute atomic E-state index is 14.1. The zero-order valence-electron chi connectivity index (χ0n) is 12.0. The van der Waals surface area contributed by atoms with Crippen molar-refractivity contribution >= 4 is 0 Å². The molecule has 21 heavy (non-hydrogen) atoms. The number of hydrogen-bond donors (Lipinski definition) is 1. The van der Waals surface area contributed by atoms with E-state index < -0.39 is 18.6 Å². The topological polar surface area (TPSA) is 29.5 Å². The van der Waals surface area contributed by atoms with Crippen molar-refractivity contribution < 1.29 is 18.6 Å². The second-order valence-electron chi connectivity index (χ2n) is 5.08. The van der Waals surface area contributed by atoms with E-state index in [1.165, 1.54) is 12.1 Å². The third-order valence-electron chi connectivity index (χ3n) is 3.22. The highest BCUT2D eigenvalue weighted by Gasteiger charge is 2.32. The van der Waals surface area contributed by atoms with E-state index in [2.05, 4.69) is 0 Å². The minimum Gasteiger partial charge on any atom is -0.487 e. The average Bonchev–Trinajstić information content (AvgIpc) is 2.46. The standard InChI is InChI=1S/C17H18F2O2/c1-12-8-9-15(13(2)20)16(10-12)21-11-17(18,19)14-6-4-3-5-7-14/h3-10,13,20H,11H2,1-2H3/t13-/m1/s1. The van der Waals surface area contributed by atoms with E-state index in [0.29, 0.717) is 11.3 Å². The molecule has 0 aliphatic carbocycles. The van der Waals surface area contributed by atoms with Gasteiger partial charge in [-0.15, -0.1) is 0 Å². The highest BCUT2D eigenvalue weighted by molar-refractivity contribution is 5.38. The second kappa shape index (κ2) is 6.22. The summed E-state index contributed by atoms with van der Waals surface area (Å²) in [7, 11) is 0. The van der Waals surface area contributed by atoms with Gasteiger partial charge < -0.3 is 9.84 Å². The Morgan fingerprint density at radius 2 is 1.81 bits per heavy atom. The van der Waals surface area contributed by atoms with Crippen molar-refractivity contribution in [2.24, 2.45) is 0 Å². The van der Waals surface area contributed by atoms with Gasteiger partial charge in [-0.05, 0) is 25.5 Å². The van der Waals surface area contributed by atoms with Gasteiger partial charge in [0.2, 0.25) is 0 Å². The molecular weight excluding hydrogens is 274 g/mol. The van der Waals surface area contributed by atoms with Gasteiger partial charge in [-0.25, -0.2) is 0 Å². The van der Waals surface area contributed by atoms with Gasteiger partial charge in [0, 0.05) is 11.1 Å². The molecule has 1 N–H and O–H groups in total. The van der Waals surface area contributed by atoms with Crippen LogP contribution >= 0.6 is 0 Å². The Morgan fingerprint density at radius 3 is 2.43 bits per heavy atom. The molecule has 2 rings (SSSR count). The van der Waals surface area contributed by atoms with Gasteiger partial charge in [0.25, 0.3) is 0 Å². The van der Waals surface area contributed by atoms with Crippen molar-refractivity contribution in [2.45, 2.75) is 25.9 Å². The predicted octanol–water partition coefficient (Wildman–Crippen LogP) is 4.22. The summed E-state index contributed by atoms with van der Waals surface area (Å²) in [6.07, 6.45) is -0.772. The summed E-state index contributed by atoms with van der Waals surface area (Å²) in [5.74, 6) is -2.79. The molecular formula is C17H18F2O2. The van der Waals surface area contributed by atoms with E-state index in [1.54, 1.807) is 37.3 Å². The molecule has 0 heterocycles. The fourth-order valence-corrected chi connectivity index (χ4v) is 2.05. The number of alkyl halides is 2. The summed E-state index contributed by atoms with van der Waals surface area (Å²) in [5.41, 5.74) is 1.30. The SMILES string of the molecule is Cc1ccc([C@@H](C)O)c(OCC(F)(F)c2ccccc2)c1. The number of aliphatic hydroxyl groups is 1. The molecule has 0 aliphatic rings. The minimum atomic E-state index is -3.08. The third kappa shape index (κ3) is 3.79. The van der Waals surface area contributed by atoms with Crippen LogP contribution in [-0.2, 0) is 5.92 Å². The van der Waals surface area contributed by atoms with Crippen LogP contribution in [0.5, 0.6) is 5.75 Å². The van der Waals surface area contributed by atoms with Crippen molar-refractivity contribution in [1.29, 1.82) is 0 Å². The predicted molar refractivity (Wildman–Crippen MR) is 77.6 cm³/mol. The molecule has 2 aromatic carbocycles. The lowest BCUT2D eigenvalue weighted by molar-refractivity contribution is -0.0473. The Bertz CT molecular complexity index is 595. The molecule has 0 fully saturated rings. The lowest BCUT2D eigenvalue weighted by Gasteiger charge is -2.20. The monoisotopic (exact) mass is 292 g/mol. The van der Waals surface area contributed by atoms with E-state index in [9.17, 15) is 13.9 Å². The lowest BCUT2D eigenvalue weighted by Crippen LogP contribution is -2.23. The molecule has 0 saturated carbocycles. The first-order valence-electron chi connectivity index (χ1n) is 6.75. The number of benzene rings is 2. The van der Waals surface area contributed by atoms with Gasteiger partial charge in [-0.1, -0.05) is 42.5 Å². The van der Waals surface area contributed by atoms with Crippen molar-refractivity contribution in [3.8, 4) is 5.75 Å². The maximum atomic E-state index is 14.1. The van der Waals surface area contributed by atoms with Gasteiger partial charge in [-0.3, -0.25) is 0 Å². The van der Waals surface area contributed by atoms with Crippen molar-refractivity contribution in [3.63, 3.8) is 0 Å². The largest absolute Gasteiger partial charge is 0.487 e. The molecule has 0 aromatic heterocycles. The average molecular weight is 292 g/mol. The van der Waals surface area contributed by atoms with Crippen LogP contribution in [0.15, 0.2) is 48.5 Å². The van der Waals surface area contributed by atoms with E-state index >= 15 is 0 Å². The molecule has 2 nitrogen and oxygen atoms in total. The van der Waals surface area contributed by atoms with Gasteiger partial charge in [0.05, 0.1) is 6.10 Å². The van der Waals surface area contributed by atoms with Crippen LogP contribution in [0, 0.1) is 6.92 Å². The molecule has 0 spiro atoms. The zero-order chi connectivity index (χ0) is 15.5. The number of aliphatic hydroxyl groups excluding tert-OH is 1. The Balaban J connectivity index is 2.18. The van der Waals surface area contributed by atoms with Crippen molar-refractivity contribution in [3.05, 3.63) is 65.2 Å². The smallest absolute Gasteiger partial charge is 0.306 e. The maximum Gasteiger partial charge on any atom is 0.306 e. The summed E-state index contributed by atoms with van der Waals surface area (Å²) >= 11 is 0. The molecule has 0 unspecified atom stereocenters. The highest BCUT2D eigenvalue weighted by Crippen LogP contribution is 2.31. The van der Waals surface area contributed by atoms with Crippen LogP contribution in [0.1, 0.15) is 29.7 Å². The fourth-order valence-electron chi connectivity index (χ4n) is 2.05. The second-order valence-corrected chi connectivity index (χ2v) is 5.08. The number of halogens is 2. The van der Waals surface area contributed by atoms with Crippen LogP contribution in [0.4, 0.5) is 8.78 Å². The molecule has 0 amide bonds. The number of ether oxygens (including phenoxy) is 1. The van der Waals surface area contributed by atoms with E-state index in [-0.39, 0.29) is 5.56 Å². The zero-order valence-corrected chi connectivity index (χ0v) is 12.0. The molecule has 2 aromatic rings. The highest BCUT2D eigenvalue weighted by atomic mass is 19.3. The van der Waals surface area contributed by atoms with Crippen LogP contribution < -0.4 is 4.74 Å². The van der Waals surface area contributed by atoms with Gasteiger partial charge in [-0.2, -0.15) is 8.78 Å². The van der Waals surface area contributed by atoms with Crippen LogP contribution in [0.2, 0.25) is 0 Å². The quantitative estimate of drug-likeness (QED) is 0.894. The molecule has 0 radical (unpaired) electrons. The lowest BCUT2D eigenvalue weighted by atomic mass is 10.1. The molecule has 1 atom stereocenters. The Morgan fingerprint density at radius 1 is 1.14 bits per heavy atom. The van der Waals surface area contributed by atoms with Crippen LogP contribution in [0.25, 0.3) is 0 Å². The van der Waals surface area contributed by atoms with E-state index in [1.807, 2.05) is 13.0 Å². The van der Waals surface area contributed by atoms with Crippen molar-refractivity contribution in [1.82, 2.24) is 0 Å².